The van der Waals surface area contributed by atoms with Crippen LogP contribution < -0.4 is 11.3 Å². The highest BCUT2D eigenvalue weighted by Gasteiger charge is 2.23. The predicted molar refractivity (Wildman–Crippen MR) is 96.0 cm³/mol. The van der Waals surface area contributed by atoms with Gasteiger partial charge in [-0.1, -0.05) is 11.6 Å². The lowest BCUT2D eigenvalue weighted by atomic mass is 9.91. The molecule has 2 heterocycles. The van der Waals surface area contributed by atoms with Crippen molar-refractivity contribution in [3.05, 3.63) is 52.6 Å². The average Bonchev–Trinajstić information content (AvgIpc) is 3.04. The normalized spacial score (nSPS) is 21.2. The fourth-order valence-corrected chi connectivity index (χ4v) is 3.76. The second-order valence-corrected chi connectivity index (χ2v) is 6.84. The molecule has 3 N–H and O–H groups in total. The maximum absolute atomic E-state index is 12.6. The topological polar surface area (TPSA) is 76.7 Å². The Balaban J connectivity index is 1.82. The zero-order chi connectivity index (χ0) is 16.7. The second kappa shape index (κ2) is 5.91. The van der Waals surface area contributed by atoms with Crippen molar-refractivity contribution in [1.82, 2.24) is 14.5 Å². The highest BCUT2D eigenvalue weighted by molar-refractivity contribution is 5.83. The first-order valence-electron chi connectivity index (χ1n) is 8.54. The van der Waals surface area contributed by atoms with Crippen LogP contribution in [0.5, 0.6) is 0 Å². The highest BCUT2D eigenvalue weighted by atomic mass is 16.1. The summed E-state index contributed by atoms with van der Waals surface area (Å²) >= 11 is 0. The second-order valence-electron chi connectivity index (χ2n) is 6.84. The van der Waals surface area contributed by atoms with Gasteiger partial charge in [0.25, 0.3) is 5.56 Å². The van der Waals surface area contributed by atoms with Crippen molar-refractivity contribution in [2.75, 3.05) is 0 Å². The summed E-state index contributed by atoms with van der Waals surface area (Å²) in [6.45, 7) is 2.05. The smallest absolute Gasteiger partial charge is 0.259 e. The number of nitrogens with one attached hydrogen (secondary N) is 1. The van der Waals surface area contributed by atoms with Crippen LogP contribution in [0.1, 0.15) is 37.3 Å². The molecule has 2 atom stereocenters. The summed E-state index contributed by atoms with van der Waals surface area (Å²) in [5.41, 5.74) is 8.69. The number of hydrogen-bond acceptors (Lipinski definition) is 3. The van der Waals surface area contributed by atoms with Crippen LogP contribution in [-0.4, -0.2) is 20.6 Å². The van der Waals surface area contributed by atoms with Gasteiger partial charge in [-0.3, -0.25) is 4.79 Å². The fourth-order valence-electron chi connectivity index (χ4n) is 3.76. The van der Waals surface area contributed by atoms with Gasteiger partial charge in [0.2, 0.25) is 0 Å². The number of hydrogen-bond donors (Lipinski definition) is 2. The Morgan fingerprint density at radius 3 is 3.00 bits per heavy atom. The lowest BCUT2D eigenvalue weighted by Crippen LogP contribution is -2.29. The maximum Gasteiger partial charge on any atom is 0.259 e. The minimum absolute atomic E-state index is 0.0982. The SMILES string of the molecule is Cc1ccc2[nH]c(=O)c(-c3nccn3[C@@H]3CCC[C@@H](N)C3)cc2c1. The van der Waals surface area contributed by atoms with E-state index in [0.29, 0.717) is 11.6 Å². The van der Waals surface area contributed by atoms with Gasteiger partial charge in [0.05, 0.1) is 5.56 Å². The number of nitrogens with zero attached hydrogens (tertiary/aromatic N) is 2. The molecule has 5 heteroatoms. The first-order valence-corrected chi connectivity index (χ1v) is 8.54. The molecule has 1 aromatic carbocycles. The van der Waals surface area contributed by atoms with Crippen LogP contribution in [0.3, 0.4) is 0 Å². The van der Waals surface area contributed by atoms with Crippen LogP contribution in [0, 0.1) is 6.92 Å². The number of aromatic nitrogens is 3. The highest BCUT2D eigenvalue weighted by Crippen LogP contribution is 2.31. The predicted octanol–water partition coefficient (Wildman–Crippen LogP) is 3.14. The molecular formula is C19H22N4O. The standard InChI is InChI=1S/C19H22N4O/c1-12-5-6-17-13(9-12)10-16(19(24)22-17)18-21-7-8-23(18)15-4-2-3-14(20)11-15/h5-10,14-15H,2-4,11,20H2,1H3,(H,22,24)/t14-,15-/m1/s1. The molecule has 1 aliphatic rings. The van der Waals surface area contributed by atoms with E-state index in [2.05, 4.69) is 27.5 Å². The minimum Gasteiger partial charge on any atom is -0.328 e. The Labute approximate surface area is 140 Å². The first kappa shape index (κ1) is 15.1. The fraction of sp³-hybridized carbons (Fsp3) is 0.368. The molecule has 1 aliphatic carbocycles. The van der Waals surface area contributed by atoms with E-state index in [4.69, 9.17) is 5.73 Å². The molecule has 0 saturated heterocycles. The first-order chi connectivity index (χ1) is 11.6. The van der Waals surface area contributed by atoms with Crippen LogP contribution in [0.15, 0.2) is 41.5 Å². The number of imidazole rings is 1. The molecule has 1 fully saturated rings. The van der Waals surface area contributed by atoms with Gasteiger partial charge in [0.15, 0.2) is 0 Å². The molecule has 5 nitrogen and oxygen atoms in total. The van der Waals surface area contributed by atoms with Crippen LogP contribution in [0.4, 0.5) is 0 Å². The third kappa shape index (κ3) is 2.65. The number of aromatic amines is 1. The molecule has 0 bridgehead atoms. The quantitative estimate of drug-likeness (QED) is 0.761. The van der Waals surface area contributed by atoms with E-state index >= 15 is 0 Å². The van der Waals surface area contributed by atoms with Crippen molar-refractivity contribution >= 4 is 10.9 Å². The van der Waals surface area contributed by atoms with E-state index in [9.17, 15) is 4.79 Å². The molecule has 4 rings (SSSR count). The largest absolute Gasteiger partial charge is 0.328 e. The zero-order valence-electron chi connectivity index (χ0n) is 13.8. The van der Waals surface area contributed by atoms with Gasteiger partial charge in [-0.25, -0.2) is 4.98 Å². The van der Waals surface area contributed by atoms with E-state index in [-0.39, 0.29) is 11.6 Å². The van der Waals surface area contributed by atoms with Crippen molar-refractivity contribution in [1.29, 1.82) is 0 Å². The van der Waals surface area contributed by atoms with E-state index < -0.39 is 0 Å². The molecule has 24 heavy (non-hydrogen) atoms. The van der Waals surface area contributed by atoms with Crippen LogP contribution in [0.25, 0.3) is 22.3 Å². The zero-order valence-corrected chi connectivity index (χ0v) is 13.8. The molecular weight excluding hydrogens is 300 g/mol. The number of rotatable bonds is 2. The third-order valence-electron chi connectivity index (χ3n) is 4.99. The molecule has 0 unspecified atom stereocenters. The lowest BCUT2D eigenvalue weighted by molar-refractivity contribution is 0.322. The van der Waals surface area contributed by atoms with Crippen molar-refractivity contribution in [3.8, 4) is 11.4 Å². The van der Waals surface area contributed by atoms with Gasteiger partial charge in [-0.2, -0.15) is 0 Å². The van der Waals surface area contributed by atoms with Gasteiger partial charge in [0.1, 0.15) is 5.82 Å². The summed E-state index contributed by atoms with van der Waals surface area (Å²) in [5.74, 6) is 0.735. The maximum atomic E-state index is 12.6. The molecule has 0 amide bonds. The van der Waals surface area contributed by atoms with E-state index in [0.717, 1.165) is 42.4 Å². The summed E-state index contributed by atoms with van der Waals surface area (Å²) in [7, 11) is 0. The molecule has 0 spiro atoms. The molecule has 0 radical (unpaired) electrons. The summed E-state index contributed by atoms with van der Waals surface area (Å²) in [4.78, 5) is 20.0. The molecule has 2 aromatic heterocycles. The van der Waals surface area contributed by atoms with Crippen molar-refractivity contribution in [2.24, 2.45) is 5.73 Å². The molecule has 0 aliphatic heterocycles. The van der Waals surface area contributed by atoms with Crippen LogP contribution in [0.2, 0.25) is 0 Å². The number of H-pyrrole nitrogens is 1. The Morgan fingerprint density at radius 1 is 1.29 bits per heavy atom. The number of pyridine rings is 1. The average molecular weight is 322 g/mol. The summed E-state index contributed by atoms with van der Waals surface area (Å²) < 4.78 is 2.13. The summed E-state index contributed by atoms with van der Waals surface area (Å²) in [6.07, 6.45) is 7.97. The Kier molecular flexibility index (Phi) is 3.73. The van der Waals surface area contributed by atoms with Gasteiger partial charge < -0.3 is 15.3 Å². The molecule has 124 valence electrons. The van der Waals surface area contributed by atoms with Gasteiger partial charge >= 0.3 is 0 Å². The van der Waals surface area contributed by atoms with Crippen molar-refractivity contribution in [2.45, 2.75) is 44.7 Å². The molecule has 3 aromatic rings. The Morgan fingerprint density at radius 2 is 2.17 bits per heavy atom. The van der Waals surface area contributed by atoms with Gasteiger partial charge in [-0.05, 0) is 56.2 Å². The van der Waals surface area contributed by atoms with E-state index in [1.54, 1.807) is 6.20 Å². The van der Waals surface area contributed by atoms with Crippen LogP contribution in [-0.2, 0) is 0 Å². The monoisotopic (exact) mass is 322 g/mol. The number of benzene rings is 1. The van der Waals surface area contributed by atoms with Crippen molar-refractivity contribution < 1.29 is 0 Å². The Hall–Kier alpha value is -2.40. The number of aryl methyl sites for hydroxylation is 1. The van der Waals surface area contributed by atoms with Gasteiger partial charge in [-0.15, -0.1) is 0 Å². The number of fused-ring (bicyclic) bond motifs is 1. The van der Waals surface area contributed by atoms with E-state index in [1.165, 1.54) is 5.56 Å². The summed E-state index contributed by atoms with van der Waals surface area (Å²) in [5, 5.41) is 1.03. The van der Waals surface area contributed by atoms with Crippen LogP contribution >= 0.6 is 0 Å². The Bertz CT molecular complexity index is 940. The summed E-state index contributed by atoms with van der Waals surface area (Å²) in [6, 6.07) is 8.53. The van der Waals surface area contributed by atoms with Crippen molar-refractivity contribution in [3.63, 3.8) is 0 Å². The van der Waals surface area contributed by atoms with E-state index in [1.807, 2.05) is 24.4 Å². The third-order valence-corrected chi connectivity index (χ3v) is 4.99. The van der Waals surface area contributed by atoms with Gasteiger partial charge in [0, 0.05) is 30.0 Å². The molecule has 1 saturated carbocycles. The number of nitrogens with two attached hydrogens (primary N) is 1. The minimum atomic E-state index is -0.0982. The lowest BCUT2D eigenvalue weighted by Gasteiger charge is -2.28.